The van der Waals surface area contributed by atoms with Crippen LogP contribution in [0.25, 0.3) is 5.95 Å². The van der Waals surface area contributed by atoms with Gasteiger partial charge in [-0.15, -0.1) is 0 Å². The smallest absolute Gasteiger partial charge is 0.322 e. The predicted molar refractivity (Wildman–Crippen MR) is 62.4 cm³/mol. The summed E-state index contributed by atoms with van der Waals surface area (Å²) >= 11 is 0. The summed E-state index contributed by atoms with van der Waals surface area (Å²) in [5.41, 5.74) is 0. The summed E-state index contributed by atoms with van der Waals surface area (Å²) < 4.78 is 6.81. The molecule has 2 aromatic heterocycles. The summed E-state index contributed by atoms with van der Waals surface area (Å²) in [6.07, 6.45) is 3.48. The topological polar surface area (TPSA) is 77.8 Å². The lowest BCUT2D eigenvalue weighted by molar-refractivity contribution is 0.378. The molecule has 0 radical (unpaired) electrons. The van der Waals surface area contributed by atoms with Crippen LogP contribution >= 0.6 is 0 Å². The van der Waals surface area contributed by atoms with Crippen molar-refractivity contribution < 1.29 is 4.74 Å². The van der Waals surface area contributed by atoms with E-state index in [1.165, 1.54) is 7.11 Å². The minimum Gasteiger partial charge on any atom is -0.467 e. The van der Waals surface area contributed by atoms with Crippen molar-refractivity contribution in [2.24, 2.45) is 0 Å². The third-order valence-corrected chi connectivity index (χ3v) is 2.16. The van der Waals surface area contributed by atoms with Crippen LogP contribution in [-0.2, 0) is 0 Å². The first-order valence-electron chi connectivity index (χ1n) is 5.29. The molecule has 0 bridgehead atoms. The number of rotatable bonds is 4. The Morgan fingerprint density at radius 2 is 2.18 bits per heavy atom. The second-order valence-corrected chi connectivity index (χ2v) is 3.32. The van der Waals surface area contributed by atoms with Crippen molar-refractivity contribution in [1.29, 1.82) is 0 Å². The number of aromatic nitrogens is 5. The normalized spacial score (nSPS) is 10.3. The molecular weight excluding hydrogens is 220 g/mol. The summed E-state index contributed by atoms with van der Waals surface area (Å²) in [5, 5.41) is 3.03. The fraction of sp³-hybridized carbons (Fsp3) is 0.400. The molecule has 0 amide bonds. The van der Waals surface area contributed by atoms with Crippen molar-refractivity contribution in [3.05, 3.63) is 18.2 Å². The molecule has 0 aliphatic heterocycles. The van der Waals surface area contributed by atoms with Crippen molar-refractivity contribution in [3.63, 3.8) is 0 Å². The van der Waals surface area contributed by atoms with Crippen molar-refractivity contribution in [3.8, 4) is 12.0 Å². The number of hydrogen-bond acceptors (Lipinski definition) is 6. The highest BCUT2D eigenvalue weighted by Gasteiger charge is 2.09. The molecular formula is C10H14N6O. The van der Waals surface area contributed by atoms with Crippen LogP contribution in [-0.4, -0.2) is 38.2 Å². The first-order valence-corrected chi connectivity index (χ1v) is 5.29. The lowest BCUT2D eigenvalue weighted by Gasteiger charge is -2.07. The van der Waals surface area contributed by atoms with E-state index in [4.69, 9.17) is 4.74 Å². The SMILES string of the molecule is CCNc1nc(OC)nc(-n2ccnc2C)n1. The summed E-state index contributed by atoms with van der Waals surface area (Å²) in [5.74, 6) is 1.78. The van der Waals surface area contributed by atoms with Crippen LogP contribution in [0.4, 0.5) is 5.95 Å². The van der Waals surface area contributed by atoms with Gasteiger partial charge in [0.1, 0.15) is 5.82 Å². The largest absolute Gasteiger partial charge is 0.467 e. The maximum atomic E-state index is 5.04. The van der Waals surface area contributed by atoms with Crippen molar-refractivity contribution in [2.45, 2.75) is 13.8 Å². The van der Waals surface area contributed by atoms with Crippen molar-refractivity contribution in [2.75, 3.05) is 19.0 Å². The van der Waals surface area contributed by atoms with Crippen LogP contribution in [0.3, 0.4) is 0 Å². The zero-order valence-electron chi connectivity index (χ0n) is 10.0. The average molecular weight is 234 g/mol. The first-order chi connectivity index (χ1) is 8.24. The molecule has 2 aromatic rings. The second-order valence-electron chi connectivity index (χ2n) is 3.32. The molecule has 0 spiro atoms. The number of aryl methyl sites for hydroxylation is 1. The Morgan fingerprint density at radius 1 is 1.35 bits per heavy atom. The number of hydrogen-bond donors (Lipinski definition) is 1. The number of nitrogens with one attached hydrogen (secondary N) is 1. The Balaban J connectivity index is 2.46. The number of nitrogens with zero attached hydrogens (tertiary/aromatic N) is 5. The highest BCUT2D eigenvalue weighted by atomic mass is 16.5. The molecule has 0 saturated heterocycles. The zero-order valence-corrected chi connectivity index (χ0v) is 10.0. The molecule has 2 heterocycles. The van der Waals surface area contributed by atoms with E-state index in [2.05, 4.69) is 25.3 Å². The van der Waals surface area contributed by atoms with Crippen LogP contribution in [0.5, 0.6) is 6.01 Å². The molecule has 0 atom stereocenters. The Bertz CT molecular complexity index is 509. The van der Waals surface area contributed by atoms with E-state index in [0.29, 0.717) is 11.9 Å². The van der Waals surface area contributed by atoms with E-state index in [1.807, 2.05) is 13.8 Å². The van der Waals surface area contributed by atoms with Gasteiger partial charge in [-0.3, -0.25) is 4.57 Å². The van der Waals surface area contributed by atoms with Crippen molar-refractivity contribution in [1.82, 2.24) is 24.5 Å². The van der Waals surface area contributed by atoms with Gasteiger partial charge in [0.15, 0.2) is 0 Å². The Hall–Kier alpha value is -2.18. The van der Waals surface area contributed by atoms with Gasteiger partial charge in [-0.1, -0.05) is 0 Å². The maximum Gasteiger partial charge on any atom is 0.322 e. The Kier molecular flexibility index (Phi) is 3.17. The van der Waals surface area contributed by atoms with Gasteiger partial charge in [0.05, 0.1) is 7.11 Å². The monoisotopic (exact) mass is 234 g/mol. The molecule has 1 N–H and O–H groups in total. The van der Waals surface area contributed by atoms with Crippen LogP contribution in [0.2, 0.25) is 0 Å². The Labute approximate surface area is 98.9 Å². The van der Waals surface area contributed by atoms with Gasteiger partial charge < -0.3 is 10.1 Å². The molecule has 0 aliphatic rings. The van der Waals surface area contributed by atoms with E-state index >= 15 is 0 Å². The van der Waals surface area contributed by atoms with E-state index in [0.717, 1.165) is 12.4 Å². The third kappa shape index (κ3) is 2.32. The lowest BCUT2D eigenvalue weighted by Crippen LogP contribution is -2.10. The minimum absolute atomic E-state index is 0.277. The van der Waals surface area contributed by atoms with E-state index in [9.17, 15) is 0 Å². The quantitative estimate of drug-likeness (QED) is 0.843. The summed E-state index contributed by atoms with van der Waals surface area (Å²) in [7, 11) is 1.52. The molecule has 90 valence electrons. The lowest BCUT2D eigenvalue weighted by atomic mass is 10.6. The molecule has 2 rings (SSSR count). The minimum atomic E-state index is 0.277. The molecule has 0 saturated carbocycles. The van der Waals surface area contributed by atoms with Crippen molar-refractivity contribution >= 4 is 5.95 Å². The van der Waals surface area contributed by atoms with Gasteiger partial charge in [0, 0.05) is 18.9 Å². The highest BCUT2D eigenvalue weighted by molar-refractivity contribution is 5.30. The fourth-order valence-electron chi connectivity index (χ4n) is 1.37. The zero-order chi connectivity index (χ0) is 12.3. The van der Waals surface area contributed by atoms with Gasteiger partial charge in [0.25, 0.3) is 0 Å². The number of imidazole rings is 1. The average Bonchev–Trinajstić information content (AvgIpc) is 2.75. The second kappa shape index (κ2) is 4.77. The van der Waals surface area contributed by atoms with Crippen LogP contribution in [0.15, 0.2) is 12.4 Å². The number of methoxy groups -OCH3 is 1. The standard InChI is InChI=1S/C10H14N6O/c1-4-11-8-13-9(15-10(14-8)17-3)16-6-5-12-7(16)2/h5-6H,4H2,1-3H3,(H,11,13,14,15). The van der Waals surface area contributed by atoms with Gasteiger partial charge in [-0.05, 0) is 13.8 Å². The maximum absolute atomic E-state index is 5.04. The van der Waals surface area contributed by atoms with E-state index in [-0.39, 0.29) is 6.01 Å². The molecule has 0 fully saturated rings. The highest BCUT2D eigenvalue weighted by Crippen LogP contribution is 2.11. The van der Waals surface area contributed by atoms with E-state index in [1.54, 1.807) is 17.0 Å². The summed E-state index contributed by atoms with van der Waals surface area (Å²) in [6, 6.07) is 0.277. The molecule has 0 aliphatic carbocycles. The van der Waals surface area contributed by atoms with Gasteiger partial charge >= 0.3 is 6.01 Å². The Morgan fingerprint density at radius 3 is 2.76 bits per heavy atom. The molecule has 17 heavy (non-hydrogen) atoms. The van der Waals surface area contributed by atoms with Gasteiger partial charge in [-0.2, -0.15) is 15.0 Å². The predicted octanol–water partition coefficient (Wildman–Crippen LogP) is 0.806. The molecule has 7 nitrogen and oxygen atoms in total. The van der Waals surface area contributed by atoms with E-state index < -0.39 is 0 Å². The first kappa shape index (κ1) is 11.3. The van der Waals surface area contributed by atoms with Gasteiger partial charge in [0.2, 0.25) is 11.9 Å². The molecule has 7 heteroatoms. The third-order valence-electron chi connectivity index (χ3n) is 2.16. The number of ether oxygens (including phenoxy) is 1. The van der Waals surface area contributed by atoms with Crippen LogP contribution in [0, 0.1) is 6.92 Å². The van der Waals surface area contributed by atoms with Crippen LogP contribution in [0.1, 0.15) is 12.7 Å². The molecule has 0 unspecified atom stereocenters. The fourth-order valence-corrected chi connectivity index (χ4v) is 1.37. The van der Waals surface area contributed by atoms with Crippen LogP contribution < -0.4 is 10.1 Å². The molecule has 0 aromatic carbocycles. The van der Waals surface area contributed by atoms with Gasteiger partial charge in [-0.25, -0.2) is 4.98 Å². The summed E-state index contributed by atoms with van der Waals surface area (Å²) in [4.78, 5) is 16.7. The number of anilines is 1. The summed E-state index contributed by atoms with van der Waals surface area (Å²) in [6.45, 7) is 4.58.